The van der Waals surface area contributed by atoms with Gasteiger partial charge in [0.25, 0.3) is 0 Å². The molecule has 5 rings (SSSR count). The van der Waals surface area contributed by atoms with Crippen LogP contribution in [0.4, 0.5) is 5.82 Å². The number of fused-ring (bicyclic) bond motifs is 2. The number of rotatable bonds is 3. The van der Waals surface area contributed by atoms with Crippen LogP contribution in [0.3, 0.4) is 0 Å². The van der Waals surface area contributed by atoms with Crippen molar-refractivity contribution >= 4 is 11.5 Å². The third kappa shape index (κ3) is 2.87. The first kappa shape index (κ1) is 15.2. The highest BCUT2D eigenvalue weighted by Crippen LogP contribution is 2.34. The van der Waals surface area contributed by atoms with E-state index in [9.17, 15) is 0 Å². The maximum Gasteiger partial charge on any atom is 0.177 e. The minimum Gasteiger partial charge on any atom is -0.490 e. The Morgan fingerprint density at radius 1 is 1.00 bits per heavy atom. The molecule has 0 spiro atoms. The fourth-order valence-electron chi connectivity index (χ4n) is 3.38. The normalized spacial score (nSPS) is 17.5. The molecule has 2 aromatic heterocycles. The Morgan fingerprint density at radius 2 is 1.85 bits per heavy atom. The lowest BCUT2D eigenvalue weighted by atomic mass is 10.1. The van der Waals surface area contributed by atoms with E-state index in [2.05, 4.69) is 20.2 Å². The Kier molecular flexibility index (Phi) is 3.73. The summed E-state index contributed by atoms with van der Waals surface area (Å²) in [4.78, 5) is 2.27. The van der Waals surface area contributed by atoms with Gasteiger partial charge in [-0.1, -0.05) is 0 Å². The van der Waals surface area contributed by atoms with Crippen molar-refractivity contribution in [3.8, 4) is 17.2 Å². The lowest BCUT2D eigenvalue weighted by molar-refractivity contribution is 0.159. The summed E-state index contributed by atoms with van der Waals surface area (Å²) in [5, 5.41) is 12.4. The zero-order valence-electron chi connectivity index (χ0n) is 14.2. The quantitative estimate of drug-likeness (QED) is 0.712. The smallest absolute Gasteiger partial charge is 0.177 e. The van der Waals surface area contributed by atoms with Crippen molar-refractivity contribution in [1.82, 2.24) is 19.8 Å². The summed E-state index contributed by atoms with van der Waals surface area (Å²) >= 11 is 0. The maximum atomic E-state index is 6.16. The van der Waals surface area contributed by atoms with Crippen LogP contribution in [0.25, 0.3) is 5.65 Å². The Labute approximate surface area is 150 Å². The molecular weight excluding hydrogens is 334 g/mol. The summed E-state index contributed by atoms with van der Waals surface area (Å²) in [6.07, 6.45) is 3.69. The average molecular weight is 353 g/mol. The van der Waals surface area contributed by atoms with Crippen molar-refractivity contribution in [3.63, 3.8) is 0 Å². The number of piperidine rings is 1. The Hall–Kier alpha value is -3.03. The minimum absolute atomic E-state index is 0.187. The van der Waals surface area contributed by atoms with Crippen LogP contribution in [0.15, 0.2) is 36.7 Å². The van der Waals surface area contributed by atoms with Crippen LogP contribution in [0.5, 0.6) is 17.2 Å². The summed E-state index contributed by atoms with van der Waals surface area (Å²) in [7, 11) is 0. The van der Waals surface area contributed by atoms with Gasteiger partial charge < -0.3 is 19.1 Å². The van der Waals surface area contributed by atoms with Gasteiger partial charge in [0.15, 0.2) is 17.1 Å². The van der Waals surface area contributed by atoms with Crippen molar-refractivity contribution in [2.45, 2.75) is 18.9 Å². The highest BCUT2D eigenvalue weighted by Gasteiger charge is 2.22. The second-order valence-corrected chi connectivity index (χ2v) is 6.43. The molecule has 1 saturated heterocycles. The fraction of sp³-hybridized carbons (Fsp3) is 0.389. The summed E-state index contributed by atoms with van der Waals surface area (Å²) < 4.78 is 19.0. The van der Waals surface area contributed by atoms with Gasteiger partial charge in [0, 0.05) is 32.0 Å². The van der Waals surface area contributed by atoms with E-state index < -0.39 is 0 Å². The zero-order valence-corrected chi connectivity index (χ0v) is 14.2. The molecule has 26 heavy (non-hydrogen) atoms. The lowest BCUT2D eigenvalue weighted by Crippen LogP contribution is -2.38. The van der Waals surface area contributed by atoms with Crippen molar-refractivity contribution in [3.05, 3.63) is 36.7 Å². The van der Waals surface area contributed by atoms with Crippen LogP contribution in [0.2, 0.25) is 0 Å². The van der Waals surface area contributed by atoms with Gasteiger partial charge in [-0.2, -0.15) is 4.52 Å². The van der Waals surface area contributed by atoms with Gasteiger partial charge in [0.1, 0.15) is 37.2 Å². The molecule has 134 valence electrons. The molecule has 0 amide bonds. The van der Waals surface area contributed by atoms with E-state index in [0.29, 0.717) is 13.2 Å². The predicted molar refractivity (Wildman–Crippen MR) is 94.1 cm³/mol. The topological polar surface area (TPSA) is 74.0 Å². The highest BCUT2D eigenvalue weighted by atomic mass is 16.6. The Morgan fingerprint density at radius 3 is 2.73 bits per heavy atom. The van der Waals surface area contributed by atoms with Gasteiger partial charge in [0.05, 0.1) is 0 Å². The molecule has 3 aromatic rings. The van der Waals surface area contributed by atoms with Crippen molar-refractivity contribution in [1.29, 1.82) is 0 Å². The number of hydrogen-bond acceptors (Lipinski definition) is 7. The number of hydrogen-bond donors (Lipinski definition) is 0. The van der Waals surface area contributed by atoms with E-state index in [1.807, 2.05) is 30.3 Å². The molecule has 0 unspecified atom stereocenters. The number of ether oxygens (including phenoxy) is 3. The van der Waals surface area contributed by atoms with E-state index >= 15 is 0 Å². The first-order chi connectivity index (χ1) is 12.8. The third-order valence-corrected chi connectivity index (χ3v) is 4.73. The number of nitrogens with zero attached hydrogens (tertiary/aromatic N) is 5. The van der Waals surface area contributed by atoms with Gasteiger partial charge in [-0.25, -0.2) is 0 Å². The molecule has 0 radical (unpaired) electrons. The zero-order chi connectivity index (χ0) is 17.3. The average Bonchev–Trinajstić information content (AvgIpc) is 3.16. The van der Waals surface area contributed by atoms with Gasteiger partial charge >= 0.3 is 0 Å². The molecule has 0 atom stereocenters. The SMILES string of the molecule is c1cc2c(cc1OC1CCN(c3ccc4nncn4n3)CC1)OCCO2. The van der Waals surface area contributed by atoms with Gasteiger partial charge in [-0.05, 0) is 24.3 Å². The molecule has 8 nitrogen and oxygen atoms in total. The maximum absolute atomic E-state index is 6.16. The number of aromatic nitrogens is 4. The van der Waals surface area contributed by atoms with Crippen LogP contribution in [0, 0.1) is 0 Å². The lowest BCUT2D eigenvalue weighted by Gasteiger charge is -2.33. The first-order valence-corrected chi connectivity index (χ1v) is 8.83. The van der Waals surface area contributed by atoms with Crippen molar-refractivity contribution < 1.29 is 14.2 Å². The molecule has 1 aromatic carbocycles. The van der Waals surface area contributed by atoms with Crippen molar-refractivity contribution in [2.75, 3.05) is 31.2 Å². The monoisotopic (exact) mass is 353 g/mol. The summed E-state index contributed by atoms with van der Waals surface area (Å²) in [5.41, 5.74) is 0.755. The molecule has 4 heterocycles. The Bertz CT molecular complexity index is 920. The van der Waals surface area contributed by atoms with E-state index in [4.69, 9.17) is 14.2 Å². The van der Waals surface area contributed by atoms with E-state index in [0.717, 1.165) is 54.6 Å². The van der Waals surface area contributed by atoms with Crippen molar-refractivity contribution in [2.24, 2.45) is 0 Å². The third-order valence-electron chi connectivity index (χ3n) is 4.73. The fourth-order valence-corrected chi connectivity index (χ4v) is 3.38. The minimum atomic E-state index is 0.187. The van der Waals surface area contributed by atoms with E-state index in [1.54, 1.807) is 10.8 Å². The standard InChI is InChI=1S/C18H19N5O3/c1-2-15-16(25-10-9-24-15)11-14(1)26-13-5-7-22(8-6-13)18-4-3-17-20-19-12-23(17)21-18/h1-4,11-13H,5-10H2. The molecule has 0 bridgehead atoms. The predicted octanol–water partition coefficient (Wildman–Crippen LogP) is 1.94. The summed E-state index contributed by atoms with van der Waals surface area (Å²) in [6, 6.07) is 9.71. The van der Waals surface area contributed by atoms with Crippen LogP contribution in [-0.2, 0) is 0 Å². The molecule has 1 fully saturated rings. The van der Waals surface area contributed by atoms with Crippen LogP contribution in [0.1, 0.15) is 12.8 Å². The van der Waals surface area contributed by atoms with Crippen LogP contribution >= 0.6 is 0 Å². The van der Waals surface area contributed by atoms with E-state index in [-0.39, 0.29) is 6.10 Å². The molecular formula is C18H19N5O3. The highest BCUT2D eigenvalue weighted by molar-refractivity contribution is 5.47. The Balaban J connectivity index is 1.23. The van der Waals surface area contributed by atoms with Gasteiger partial charge in [-0.15, -0.1) is 15.3 Å². The number of anilines is 1. The van der Waals surface area contributed by atoms with Crippen LogP contribution < -0.4 is 19.1 Å². The van der Waals surface area contributed by atoms with Crippen LogP contribution in [-0.4, -0.2) is 52.2 Å². The van der Waals surface area contributed by atoms with E-state index in [1.165, 1.54) is 0 Å². The first-order valence-electron chi connectivity index (χ1n) is 8.83. The molecule has 0 N–H and O–H groups in total. The molecule has 0 saturated carbocycles. The molecule has 2 aliphatic heterocycles. The van der Waals surface area contributed by atoms with Gasteiger partial charge in [0.2, 0.25) is 0 Å². The molecule has 2 aliphatic rings. The summed E-state index contributed by atoms with van der Waals surface area (Å²) in [5.74, 6) is 3.32. The van der Waals surface area contributed by atoms with Gasteiger partial charge in [-0.3, -0.25) is 0 Å². The summed E-state index contributed by atoms with van der Waals surface area (Å²) in [6.45, 7) is 2.98. The second-order valence-electron chi connectivity index (χ2n) is 6.43. The second kappa shape index (κ2) is 6.36. The largest absolute Gasteiger partial charge is 0.490 e. The molecule has 8 heteroatoms. The number of benzene rings is 1. The molecule has 0 aliphatic carbocycles.